The van der Waals surface area contributed by atoms with Crippen molar-refractivity contribution in [2.24, 2.45) is 0 Å². The van der Waals surface area contributed by atoms with Crippen LogP contribution in [0.25, 0.3) is 0 Å². The molecule has 0 aliphatic carbocycles. The van der Waals surface area contributed by atoms with Crippen molar-refractivity contribution in [2.75, 3.05) is 6.61 Å². The lowest BCUT2D eigenvalue weighted by atomic mass is 10.2. The smallest absolute Gasteiger partial charge is 0.341 e. The predicted molar refractivity (Wildman–Crippen MR) is 74.4 cm³/mol. The summed E-state index contributed by atoms with van der Waals surface area (Å²) in [6.07, 6.45) is 0. The molecule has 1 aromatic heterocycles. The molecule has 0 saturated carbocycles. The van der Waals surface area contributed by atoms with Gasteiger partial charge < -0.3 is 9.84 Å². The van der Waals surface area contributed by atoms with E-state index in [4.69, 9.17) is 4.74 Å². The van der Waals surface area contributed by atoms with Gasteiger partial charge >= 0.3 is 5.97 Å². The van der Waals surface area contributed by atoms with Crippen LogP contribution in [-0.4, -0.2) is 27.5 Å². The number of ether oxygens (including phenoxy) is 1. The topological polar surface area (TPSA) is 64.3 Å². The molecular weight excluding hydrogens is 256 g/mol. The summed E-state index contributed by atoms with van der Waals surface area (Å²) in [7, 11) is 0. The van der Waals surface area contributed by atoms with Gasteiger partial charge in [-0.3, -0.25) is 4.68 Å². The minimum Gasteiger partial charge on any atom is -0.462 e. The summed E-state index contributed by atoms with van der Waals surface area (Å²) in [6.45, 7) is 4.05. The first-order chi connectivity index (χ1) is 9.67. The van der Waals surface area contributed by atoms with Crippen molar-refractivity contribution in [3.63, 3.8) is 0 Å². The first kappa shape index (κ1) is 14.3. The number of nitrogens with zero attached hydrogens (tertiary/aromatic N) is 2. The number of esters is 1. The molecule has 5 heteroatoms. The third-order valence-corrected chi connectivity index (χ3v) is 3.04. The Labute approximate surface area is 117 Å². The van der Waals surface area contributed by atoms with Crippen LogP contribution >= 0.6 is 0 Å². The highest BCUT2D eigenvalue weighted by molar-refractivity contribution is 5.91. The number of aryl methyl sites for hydroxylation is 1. The summed E-state index contributed by atoms with van der Waals surface area (Å²) in [6, 6.07) is 9.77. The molecular formula is C15H18N2O3. The molecule has 0 bridgehead atoms. The summed E-state index contributed by atoms with van der Waals surface area (Å²) < 4.78 is 6.66. The lowest BCUT2D eigenvalue weighted by molar-refractivity contribution is 0.0521. The van der Waals surface area contributed by atoms with Crippen molar-refractivity contribution in [2.45, 2.75) is 27.0 Å². The van der Waals surface area contributed by atoms with Gasteiger partial charge in [0.15, 0.2) is 0 Å². The Bertz CT molecular complexity index is 591. The van der Waals surface area contributed by atoms with Gasteiger partial charge in [-0.1, -0.05) is 30.3 Å². The zero-order chi connectivity index (χ0) is 14.5. The monoisotopic (exact) mass is 274 g/mol. The number of aliphatic hydroxyl groups is 1. The van der Waals surface area contributed by atoms with Gasteiger partial charge in [0.2, 0.25) is 0 Å². The van der Waals surface area contributed by atoms with Crippen molar-refractivity contribution < 1.29 is 14.6 Å². The van der Waals surface area contributed by atoms with Crippen LogP contribution < -0.4 is 0 Å². The molecule has 0 aliphatic rings. The molecule has 5 nitrogen and oxygen atoms in total. The van der Waals surface area contributed by atoms with Gasteiger partial charge in [0.25, 0.3) is 0 Å². The van der Waals surface area contributed by atoms with Gasteiger partial charge in [-0.25, -0.2) is 4.79 Å². The minimum atomic E-state index is -0.437. The Balaban J connectivity index is 2.35. The van der Waals surface area contributed by atoms with Gasteiger partial charge in [-0.05, 0) is 19.4 Å². The normalized spacial score (nSPS) is 10.6. The molecule has 106 valence electrons. The van der Waals surface area contributed by atoms with Crippen molar-refractivity contribution in [1.29, 1.82) is 0 Å². The van der Waals surface area contributed by atoms with E-state index in [2.05, 4.69) is 5.10 Å². The number of carbonyl (C=O) groups excluding carboxylic acids is 1. The number of carbonyl (C=O) groups is 1. The zero-order valence-corrected chi connectivity index (χ0v) is 11.7. The van der Waals surface area contributed by atoms with Gasteiger partial charge in [0, 0.05) is 0 Å². The van der Waals surface area contributed by atoms with Gasteiger partial charge in [-0.2, -0.15) is 5.10 Å². The molecule has 0 fully saturated rings. The molecule has 0 spiro atoms. The number of rotatable bonds is 5. The second-order valence-corrected chi connectivity index (χ2v) is 4.43. The van der Waals surface area contributed by atoms with E-state index in [0.29, 0.717) is 30.1 Å². The molecule has 2 rings (SSSR count). The number of hydrogen-bond acceptors (Lipinski definition) is 4. The average Bonchev–Trinajstić information content (AvgIpc) is 2.75. The third kappa shape index (κ3) is 2.88. The standard InChI is InChI=1S/C15H18N2O3/c1-3-20-15(19)14-11(2)16-17(13(14)10-18)9-12-7-5-4-6-8-12/h4-8,18H,3,9-10H2,1-2H3. The van der Waals surface area contributed by atoms with Crippen molar-refractivity contribution in [3.8, 4) is 0 Å². The molecule has 1 aromatic carbocycles. The minimum absolute atomic E-state index is 0.248. The number of aromatic nitrogens is 2. The predicted octanol–water partition coefficient (Wildman–Crippen LogP) is 1.91. The van der Waals surface area contributed by atoms with E-state index in [1.165, 1.54) is 0 Å². The van der Waals surface area contributed by atoms with Crippen LogP contribution in [0.2, 0.25) is 0 Å². The first-order valence-electron chi connectivity index (χ1n) is 6.55. The van der Waals surface area contributed by atoms with E-state index in [-0.39, 0.29) is 6.61 Å². The van der Waals surface area contributed by atoms with E-state index in [1.54, 1.807) is 18.5 Å². The molecule has 1 heterocycles. The second-order valence-electron chi connectivity index (χ2n) is 4.43. The highest BCUT2D eigenvalue weighted by atomic mass is 16.5. The van der Waals surface area contributed by atoms with Gasteiger partial charge in [-0.15, -0.1) is 0 Å². The largest absolute Gasteiger partial charge is 0.462 e. The van der Waals surface area contributed by atoms with E-state index < -0.39 is 5.97 Å². The molecule has 0 unspecified atom stereocenters. The second kappa shape index (κ2) is 6.34. The Kier molecular flexibility index (Phi) is 4.53. The van der Waals surface area contributed by atoms with Crippen LogP contribution in [-0.2, 0) is 17.9 Å². The number of benzene rings is 1. The summed E-state index contributed by atoms with van der Waals surface area (Å²) in [5.74, 6) is -0.437. The van der Waals surface area contributed by atoms with Gasteiger partial charge in [0.1, 0.15) is 5.56 Å². The molecule has 0 radical (unpaired) electrons. The lowest BCUT2D eigenvalue weighted by Crippen LogP contribution is -2.11. The molecule has 0 amide bonds. The maximum Gasteiger partial charge on any atom is 0.341 e. The lowest BCUT2D eigenvalue weighted by Gasteiger charge is -2.07. The van der Waals surface area contributed by atoms with E-state index in [1.807, 2.05) is 30.3 Å². The quantitative estimate of drug-likeness (QED) is 0.846. The summed E-state index contributed by atoms with van der Waals surface area (Å²) in [5.41, 5.74) is 2.48. The maximum atomic E-state index is 11.9. The van der Waals surface area contributed by atoms with Crippen molar-refractivity contribution >= 4 is 5.97 Å². The van der Waals surface area contributed by atoms with Crippen LogP contribution in [0.4, 0.5) is 0 Å². The van der Waals surface area contributed by atoms with Crippen molar-refractivity contribution in [3.05, 3.63) is 52.8 Å². The van der Waals surface area contributed by atoms with Crippen LogP contribution in [0.5, 0.6) is 0 Å². The van der Waals surface area contributed by atoms with Crippen LogP contribution in [0.15, 0.2) is 30.3 Å². The molecule has 0 atom stereocenters. The Morgan fingerprint density at radius 2 is 2.05 bits per heavy atom. The van der Waals surface area contributed by atoms with Crippen LogP contribution in [0, 0.1) is 6.92 Å². The summed E-state index contributed by atoms with van der Waals surface area (Å²) in [4.78, 5) is 11.9. The summed E-state index contributed by atoms with van der Waals surface area (Å²) in [5, 5.41) is 13.9. The van der Waals surface area contributed by atoms with E-state index in [9.17, 15) is 9.90 Å². The first-order valence-corrected chi connectivity index (χ1v) is 6.55. The molecule has 2 aromatic rings. The zero-order valence-electron chi connectivity index (χ0n) is 11.7. The molecule has 1 N–H and O–H groups in total. The fourth-order valence-electron chi connectivity index (χ4n) is 2.15. The highest BCUT2D eigenvalue weighted by Crippen LogP contribution is 2.17. The SMILES string of the molecule is CCOC(=O)c1c(C)nn(Cc2ccccc2)c1CO. The Hall–Kier alpha value is -2.14. The van der Waals surface area contributed by atoms with Crippen LogP contribution in [0.1, 0.15) is 34.2 Å². The summed E-state index contributed by atoms with van der Waals surface area (Å²) >= 11 is 0. The Morgan fingerprint density at radius 3 is 2.65 bits per heavy atom. The van der Waals surface area contributed by atoms with E-state index in [0.717, 1.165) is 5.56 Å². The Morgan fingerprint density at radius 1 is 1.35 bits per heavy atom. The fraction of sp³-hybridized carbons (Fsp3) is 0.333. The fourth-order valence-corrected chi connectivity index (χ4v) is 2.15. The molecule has 0 saturated heterocycles. The van der Waals surface area contributed by atoms with Gasteiger partial charge in [0.05, 0.1) is 31.1 Å². The van der Waals surface area contributed by atoms with Crippen molar-refractivity contribution in [1.82, 2.24) is 9.78 Å². The van der Waals surface area contributed by atoms with E-state index >= 15 is 0 Å². The highest BCUT2D eigenvalue weighted by Gasteiger charge is 2.21. The molecule has 20 heavy (non-hydrogen) atoms. The third-order valence-electron chi connectivity index (χ3n) is 3.04. The van der Waals surface area contributed by atoms with Crippen LogP contribution in [0.3, 0.4) is 0 Å². The number of hydrogen-bond donors (Lipinski definition) is 1. The maximum absolute atomic E-state index is 11.9. The average molecular weight is 274 g/mol. The molecule has 0 aliphatic heterocycles. The number of aliphatic hydroxyl groups excluding tert-OH is 1.